The number of anilines is 2. The Hall–Kier alpha value is -5.84. The Morgan fingerprint density at radius 3 is 2.46 bits per heavy atom. The predicted molar refractivity (Wildman–Crippen MR) is 223 cm³/mol. The third-order valence-electron chi connectivity index (χ3n) is 13.1. The number of aromatic hydroxyl groups is 1. The Bertz CT molecular complexity index is 2820. The van der Waals surface area contributed by atoms with Crippen LogP contribution in [0, 0.1) is 36.0 Å². The monoisotopic (exact) mass is 792 g/mol. The summed E-state index contributed by atoms with van der Waals surface area (Å²) in [6.45, 7) is 7.65. The molecule has 2 aliphatic heterocycles. The van der Waals surface area contributed by atoms with Gasteiger partial charge >= 0.3 is 0 Å². The second kappa shape index (κ2) is 12.6. The Labute approximate surface area is 337 Å². The van der Waals surface area contributed by atoms with Gasteiger partial charge in [-0.2, -0.15) is 5.10 Å². The zero-order chi connectivity index (χ0) is 39.7. The molecule has 0 bridgehead atoms. The third-order valence-corrected chi connectivity index (χ3v) is 14.6. The first-order valence-corrected chi connectivity index (χ1v) is 20.2. The number of aryl methyl sites for hydroxylation is 2. The largest absolute Gasteiger partial charge is 0.507 e. The normalized spacial score (nSPS) is 25.6. The maximum Gasteiger partial charge on any atom is 0.242 e. The quantitative estimate of drug-likeness (QED) is 0.138. The molecule has 4 heterocycles. The number of phenols is 1. The molecule has 284 valence electrons. The maximum absolute atomic E-state index is 15.3. The van der Waals surface area contributed by atoms with Gasteiger partial charge in [-0.25, -0.2) is 4.90 Å². The molecule has 2 saturated heterocycles. The maximum atomic E-state index is 15.3. The summed E-state index contributed by atoms with van der Waals surface area (Å²) in [6.07, 6.45) is 4.19. The minimum atomic E-state index is -1.34. The van der Waals surface area contributed by atoms with Gasteiger partial charge in [-0.3, -0.25) is 28.8 Å². The van der Waals surface area contributed by atoms with Crippen LogP contribution < -0.4 is 9.80 Å². The van der Waals surface area contributed by atoms with Gasteiger partial charge in [0, 0.05) is 39.7 Å². The number of nitrogens with zero attached hydrogens (tertiary/aromatic N) is 4. The van der Waals surface area contributed by atoms with E-state index in [0.29, 0.717) is 39.6 Å². The molecule has 0 spiro atoms. The van der Waals surface area contributed by atoms with Gasteiger partial charge in [-0.15, -0.1) is 11.3 Å². The lowest BCUT2D eigenvalue weighted by Crippen LogP contribution is -2.49. The van der Waals surface area contributed by atoms with Crippen LogP contribution in [-0.2, 0) is 26.2 Å². The van der Waals surface area contributed by atoms with Crippen molar-refractivity contribution in [2.24, 2.45) is 36.1 Å². The van der Waals surface area contributed by atoms with Crippen molar-refractivity contribution in [2.45, 2.75) is 32.6 Å². The first-order chi connectivity index (χ1) is 27.4. The van der Waals surface area contributed by atoms with Crippen LogP contribution in [0.3, 0.4) is 0 Å². The summed E-state index contributed by atoms with van der Waals surface area (Å²) in [4.78, 5) is 62.4. The van der Waals surface area contributed by atoms with E-state index in [1.165, 1.54) is 9.80 Å². The number of halogens is 1. The van der Waals surface area contributed by atoms with Crippen molar-refractivity contribution in [2.75, 3.05) is 9.80 Å². The number of fused-ring (bicyclic) bond motifs is 6. The Kier molecular flexibility index (Phi) is 7.85. The van der Waals surface area contributed by atoms with E-state index in [1.54, 1.807) is 47.3 Å². The van der Waals surface area contributed by atoms with Crippen LogP contribution in [0.25, 0.3) is 37.5 Å². The van der Waals surface area contributed by atoms with Crippen LogP contribution in [0.15, 0.2) is 103 Å². The van der Waals surface area contributed by atoms with Crippen LogP contribution in [0.2, 0.25) is 5.02 Å². The van der Waals surface area contributed by atoms with E-state index in [9.17, 15) is 14.7 Å². The molecular formula is C46H37ClN4O5S. The van der Waals surface area contributed by atoms with Gasteiger partial charge in [0.1, 0.15) is 17.3 Å². The zero-order valence-corrected chi connectivity index (χ0v) is 33.0. The highest BCUT2D eigenvalue weighted by molar-refractivity contribution is 7.22. The molecule has 3 fully saturated rings. The molecule has 6 atom stereocenters. The number of hydrogen-bond donors (Lipinski definition) is 1. The second-order valence-corrected chi connectivity index (χ2v) is 17.4. The van der Waals surface area contributed by atoms with Crippen molar-refractivity contribution in [1.82, 2.24) is 9.78 Å². The molecule has 4 aromatic carbocycles. The number of aromatic nitrogens is 2. The predicted octanol–water partition coefficient (Wildman–Crippen LogP) is 9.20. The molecule has 6 unspecified atom stereocenters. The van der Waals surface area contributed by atoms with Crippen LogP contribution in [-0.4, -0.2) is 38.5 Å². The number of imide groups is 2. The van der Waals surface area contributed by atoms with Crippen molar-refractivity contribution in [3.05, 3.63) is 125 Å². The minimum Gasteiger partial charge on any atom is -0.507 e. The fourth-order valence-corrected chi connectivity index (χ4v) is 11.6. The van der Waals surface area contributed by atoms with Gasteiger partial charge < -0.3 is 5.11 Å². The number of phenolic OH excluding ortho intramolecular Hbond substituents is 1. The lowest BCUT2D eigenvalue weighted by molar-refractivity contribution is -0.131. The Morgan fingerprint density at radius 1 is 0.912 bits per heavy atom. The summed E-state index contributed by atoms with van der Waals surface area (Å²) in [6, 6.07) is 25.9. The number of allylic oxidation sites excluding steroid dienone is 2. The molecule has 2 aliphatic carbocycles. The summed E-state index contributed by atoms with van der Waals surface area (Å²) >= 11 is 7.91. The highest BCUT2D eigenvalue weighted by Gasteiger charge is 2.68. The topological polar surface area (TPSA) is 113 Å². The van der Waals surface area contributed by atoms with Gasteiger partial charge in [0.25, 0.3) is 0 Å². The zero-order valence-electron chi connectivity index (χ0n) is 31.4. The molecule has 4 aliphatic rings. The highest BCUT2D eigenvalue weighted by Crippen LogP contribution is 2.65. The molecule has 10 rings (SSSR count). The molecule has 1 N–H and O–H groups in total. The standard InChI is InChI=1S/C46H37ClN4O5S/c1-5-24-10-14-27(15-11-24)50-42(53)30-18-17-29-33(38(30)44(50)55)21-34-43(54)51(37-22-35(48-49(37)4)41-23(2)32-20-26(47)13-19-36(32)57-41)45(56)46(34,3)39(29)31-16-12-25-8-6-7-9-28(25)40(31)52/h5-17,19-20,22,30,33-34,38-39,52H,1,18,21H2,2-4H3. The fourth-order valence-electron chi connectivity index (χ4n) is 10.3. The average molecular weight is 793 g/mol. The summed E-state index contributed by atoms with van der Waals surface area (Å²) in [7, 11) is 1.72. The minimum absolute atomic E-state index is 0.0290. The first-order valence-electron chi connectivity index (χ1n) is 19.0. The van der Waals surface area contributed by atoms with Crippen molar-refractivity contribution in [3.8, 4) is 16.3 Å². The smallest absolute Gasteiger partial charge is 0.242 e. The molecule has 4 amide bonds. The van der Waals surface area contributed by atoms with Gasteiger partial charge in [0.2, 0.25) is 23.6 Å². The summed E-state index contributed by atoms with van der Waals surface area (Å²) in [5, 5.41) is 20.0. The molecule has 9 nitrogen and oxygen atoms in total. The van der Waals surface area contributed by atoms with Gasteiger partial charge in [0.15, 0.2) is 0 Å². The van der Waals surface area contributed by atoms with Crippen molar-refractivity contribution >= 4 is 85.0 Å². The van der Waals surface area contributed by atoms with Gasteiger partial charge in [0.05, 0.1) is 33.7 Å². The second-order valence-electron chi connectivity index (χ2n) is 15.9. The number of hydrogen-bond acceptors (Lipinski definition) is 7. The van der Waals surface area contributed by atoms with Crippen molar-refractivity contribution < 1.29 is 24.3 Å². The molecule has 6 aromatic rings. The van der Waals surface area contributed by atoms with Crippen LogP contribution in [0.4, 0.5) is 11.5 Å². The number of rotatable bonds is 5. The first kappa shape index (κ1) is 35.6. The number of benzene rings is 4. The molecule has 1 saturated carbocycles. The van der Waals surface area contributed by atoms with Crippen LogP contribution in [0.5, 0.6) is 5.75 Å². The Morgan fingerprint density at radius 2 is 1.68 bits per heavy atom. The van der Waals surface area contributed by atoms with Gasteiger partial charge in [-0.1, -0.05) is 84.4 Å². The van der Waals surface area contributed by atoms with Crippen LogP contribution >= 0.6 is 22.9 Å². The SMILES string of the molecule is C=Cc1ccc(N2C(=O)C3CC=C4C(CC5C(=O)N(c6cc(-c7sc8ccc(Cl)cc8c7C)nn6C)C(=O)C5(C)C4c4ccc5ccccc5c4O)C3C2=O)cc1. The molecule has 57 heavy (non-hydrogen) atoms. The summed E-state index contributed by atoms with van der Waals surface area (Å²) in [5.74, 6) is -4.54. The van der Waals surface area contributed by atoms with E-state index in [4.69, 9.17) is 16.7 Å². The molecular weight excluding hydrogens is 756 g/mol. The average Bonchev–Trinajstić information content (AvgIpc) is 3.88. The number of amides is 4. The lowest BCUT2D eigenvalue weighted by atomic mass is 9.51. The number of thiophene rings is 1. The highest BCUT2D eigenvalue weighted by atomic mass is 35.5. The van der Waals surface area contributed by atoms with E-state index in [2.05, 4.69) is 6.58 Å². The molecule has 11 heteroatoms. The summed E-state index contributed by atoms with van der Waals surface area (Å²) < 4.78 is 2.62. The van der Waals surface area contributed by atoms with E-state index in [0.717, 1.165) is 37.0 Å². The van der Waals surface area contributed by atoms with Crippen molar-refractivity contribution in [3.63, 3.8) is 0 Å². The van der Waals surface area contributed by atoms with E-state index >= 15 is 9.59 Å². The number of carbonyl (C=O) groups is 4. The Balaban J connectivity index is 1.10. The lowest BCUT2D eigenvalue weighted by Gasteiger charge is -2.49. The third kappa shape index (κ3) is 4.90. The summed E-state index contributed by atoms with van der Waals surface area (Å²) in [5.41, 5.74) is 2.95. The molecule has 0 radical (unpaired) electrons. The van der Waals surface area contributed by atoms with Crippen LogP contribution in [0.1, 0.15) is 42.4 Å². The van der Waals surface area contributed by atoms with E-state index in [1.807, 2.05) is 86.7 Å². The van der Waals surface area contributed by atoms with Gasteiger partial charge in [-0.05, 0) is 84.8 Å². The van der Waals surface area contributed by atoms with Crippen molar-refractivity contribution in [1.29, 1.82) is 0 Å². The van der Waals surface area contributed by atoms with E-state index < -0.39 is 46.8 Å². The fraction of sp³-hybridized carbons (Fsp3) is 0.239. The molecule has 2 aromatic heterocycles. The van der Waals surface area contributed by atoms with E-state index in [-0.39, 0.29) is 24.0 Å². The number of carbonyl (C=O) groups excluding carboxylic acids is 4.